The van der Waals surface area contributed by atoms with Crippen molar-refractivity contribution < 1.29 is 9.47 Å². The fourth-order valence-electron chi connectivity index (χ4n) is 3.14. The minimum absolute atomic E-state index is 0.142. The maximum atomic E-state index is 5.68. The van der Waals surface area contributed by atoms with Crippen molar-refractivity contribution in [3.63, 3.8) is 0 Å². The van der Waals surface area contributed by atoms with Gasteiger partial charge < -0.3 is 14.4 Å². The smallest absolute Gasteiger partial charge is 0.181 e. The minimum atomic E-state index is 0.142. The van der Waals surface area contributed by atoms with E-state index in [0.717, 1.165) is 43.1 Å². The van der Waals surface area contributed by atoms with Crippen molar-refractivity contribution in [2.24, 2.45) is 0 Å². The summed E-state index contributed by atoms with van der Waals surface area (Å²) in [6.45, 7) is 6.60. The maximum Gasteiger partial charge on any atom is 0.181 e. The van der Waals surface area contributed by atoms with Crippen LogP contribution in [-0.2, 0) is 22.6 Å². The third-order valence-corrected chi connectivity index (χ3v) is 4.51. The van der Waals surface area contributed by atoms with Gasteiger partial charge >= 0.3 is 0 Å². The van der Waals surface area contributed by atoms with Crippen molar-refractivity contribution in [3.05, 3.63) is 35.7 Å². The molecule has 142 valence electrons. The number of aryl methyl sites for hydroxylation is 1. The van der Waals surface area contributed by atoms with Crippen LogP contribution in [0.4, 0.5) is 0 Å². The molecular formula is C20H30N4O2. The lowest BCUT2D eigenvalue weighted by Gasteiger charge is -2.13. The van der Waals surface area contributed by atoms with E-state index in [1.807, 2.05) is 0 Å². The van der Waals surface area contributed by atoms with Gasteiger partial charge in [0.15, 0.2) is 5.82 Å². The molecule has 0 atom stereocenters. The molecule has 2 heterocycles. The molecule has 0 unspecified atom stereocenters. The Bertz CT molecular complexity index is 674. The summed E-state index contributed by atoms with van der Waals surface area (Å²) in [5.74, 6) is 1.91. The molecule has 1 saturated heterocycles. The van der Waals surface area contributed by atoms with E-state index in [-0.39, 0.29) is 5.92 Å². The van der Waals surface area contributed by atoms with Gasteiger partial charge in [0, 0.05) is 18.7 Å². The Balaban J connectivity index is 1.84. The van der Waals surface area contributed by atoms with E-state index in [4.69, 9.17) is 19.6 Å². The first-order chi connectivity index (χ1) is 12.7. The van der Waals surface area contributed by atoms with Crippen LogP contribution in [-0.4, -0.2) is 60.2 Å². The van der Waals surface area contributed by atoms with E-state index in [0.29, 0.717) is 26.4 Å². The summed E-state index contributed by atoms with van der Waals surface area (Å²) >= 11 is 0. The van der Waals surface area contributed by atoms with E-state index in [2.05, 4.69) is 54.9 Å². The van der Waals surface area contributed by atoms with Gasteiger partial charge in [0.1, 0.15) is 5.82 Å². The van der Waals surface area contributed by atoms with Crippen molar-refractivity contribution >= 4 is 0 Å². The first-order valence-corrected chi connectivity index (χ1v) is 9.51. The number of benzene rings is 1. The van der Waals surface area contributed by atoms with E-state index in [9.17, 15) is 0 Å². The monoisotopic (exact) mass is 358 g/mol. The van der Waals surface area contributed by atoms with Gasteiger partial charge in [-0.2, -0.15) is 5.10 Å². The second-order valence-electron chi connectivity index (χ2n) is 7.15. The second kappa shape index (κ2) is 9.26. The SMILES string of the molecule is CCCCn1nc(-c2ccc(CN(C)C)cc2)nc1C1COCCOC1. The fraction of sp³-hybridized carbons (Fsp3) is 0.600. The van der Waals surface area contributed by atoms with Gasteiger partial charge in [-0.3, -0.25) is 0 Å². The number of hydrogen-bond acceptors (Lipinski definition) is 5. The number of rotatable bonds is 7. The first-order valence-electron chi connectivity index (χ1n) is 9.51. The largest absolute Gasteiger partial charge is 0.378 e. The van der Waals surface area contributed by atoms with Crippen LogP contribution in [0.2, 0.25) is 0 Å². The Labute approximate surface area is 156 Å². The Morgan fingerprint density at radius 2 is 1.81 bits per heavy atom. The third-order valence-electron chi connectivity index (χ3n) is 4.51. The predicted molar refractivity (Wildman–Crippen MR) is 102 cm³/mol. The molecule has 1 aliphatic heterocycles. The lowest BCUT2D eigenvalue weighted by atomic mass is 10.1. The molecule has 26 heavy (non-hydrogen) atoms. The van der Waals surface area contributed by atoms with Gasteiger partial charge in [0.05, 0.1) is 32.3 Å². The maximum absolute atomic E-state index is 5.68. The minimum Gasteiger partial charge on any atom is -0.378 e. The predicted octanol–water partition coefficient (Wildman–Crippen LogP) is 2.94. The van der Waals surface area contributed by atoms with E-state index in [1.165, 1.54) is 5.56 Å². The van der Waals surface area contributed by atoms with Crippen molar-refractivity contribution in [1.82, 2.24) is 19.7 Å². The molecule has 6 heteroatoms. The van der Waals surface area contributed by atoms with Crippen molar-refractivity contribution in [3.8, 4) is 11.4 Å². The van der Waals surface area contributed by atoms with Crippen LogP contribution in [0.25, 0.3) is 11.4 Å². The molecule has 6 nitrogen and oxygen atoms in total. The molecule has 1 aliphatic rings. The van der Waals surface area contributed by atoms with Gasteiger partial charge in [0.25, 0.3) is 0 Å². The molecule has 3 rings (SSSR count). The van der Waals surface area contributed by atoms with Crippen molar-refractivity contribution in [2.45, 2.75) is 38.8 Å². The van der Waals surface area contributed by atoms with Crippen LogP contribution in [0.3, 0.4) is 0 Å². The molecule has 0 amide bonds. The Morgan fingerprint density at radius 1 is 1.12 bits per heavy atom. The number of unbranched alkanes of at least 4 members (excludes halogenated alkanes) is 1. The average Bonchev–Trinajstić information content (AvgIpc) is 2.86. The van der Waals surface area contributed by atoms with Crippen LogP contribution >= 0.6 is 0 Å². The zero-order chi connectivity index (χ0) is 18.4. The lowest BCUT2D eigenvalue weighted by molar-refractivity contribution is 0.103. The van der Waals surface area contributed by atoms with Crippen LogP contribution in [0.5, 0.6) is 0 Å². The Kier molecular flexibility index (Phi) is 6.77. The normalized spacial score (nSPS) is 16.2. The molecule has 0 radical (unpaired) electrons. The molecule has 0 saturated carbocycles. The van der Waals surface area contributed by atoms with Crippen LogP contribution in [0, 0.1) is 0 Å². The Hall–Kier alpha value is -1.76. The summed E-state index contributed by atoms with van der Waals surface area (Å²) < 4.78 is 13.4. The highest BCUT2D eigenvalue weighted by atomic mass is 16.5. The molecule has 0 spiro atoms. The standard InChI is InChI=1S/C20H30N4O2/c1-4-5-10-24-20(18-14-25-11-12-26-15-18)21-19(22-24)17-8-6-16(7-9-17)13-23(2)3/h6-9,18H,4-5,10-15H2,1-3H3. The fourth-order valence-corrected chi connectivity index (χ4v) is 3.14. The number of hydrogen-bond donors (Lipinski definition) is 0. The summed E-state index contributed by atoms with van der Waals surface area (Å²) in [7, 11) is 4.15. The zero-order valence-electron chi connectivity index (χ0n) is 16.1. The molecule has 0 bridgehead atoms. The second-order valence-corrected chi connectivity index (χ2v) is 7.15. The summed E-state index contributed by atoms with van der Waals surface area (Å²) in [6.07, 6.45) is 2.22. The summed E-state index contributed by atoms with van der Waals surface area (Å²) in [4.78, 5) is 7.03. The van der Waals surface area contributed by atoms with E-state index in [1.54, 1.807) is 0 Å². The van der Waals surface area contributed by atoms with Crippen LogP contribution in [0.1, 0.15) is 37.1 Å². The lowest BCUT2D eigenvalue weighted by Crippen LogP contribution is -2.17. The quantitative estimate of drug-likeness (QED) is 0.762. The van der Waals surface area contributed by atoms with E-state index < -0.39 is 0 Å². The number of aromatic nitrogens is 3. The van der Waals surface area contributed by atoms with Gasteiger partial charge in [-0.15, -0.1) is 0 Å². The molecule has 0 N–H and O–H groups in total. The summed E-state index contributed by atoms with van der Waals surface area (Å²) in [6, 6.07) is 8.53. The molecule has 1 fully saturated rings. The highest BCUT2D eigenvalue weighted by Gasteiger charge is 2.23. The zero-order valence-corrected chi connectivity index (χ0v) is 16.1. The molecule has 1 aromatic carbocycles. The summed E-state index contributed by atoms with van der Waals surface area (Å²) in [5.41, 5.74) is 2.34. The van der Waals surface area contributed by atoms with Gasteiger partial charge in [-0.05, 0) is 26.1 Å². The average molecular weight is 358 g/mol. The molecule has 2 aromatic rings. The van der Waals surface area contributed by atoms with Crippen LogP contribution < -0.4 is 0 Å². The highest BCUT2D eigenvalue weighted by Crippen LogP contribution is 2.23. The van der Waals surface area contributed by atoms with Crippen LogP contribution in [0.15, 0.2) is 24.3 Å². The number of ether oxygens (including phenoxy) is 2. The van der Waals surface area contributed by atoms with Gasteiger partial charge in [0.2, 0.25) is 0 Å². The topological polar surface area (TPSA) is 52.4 Å². The Morgan fingerprint density at radius 3 is 2.42 bits per heavy atom. The first kappa shape index (κ1) is 19.0. The van der Waals surface area contributed by atoms with Gasteiger partial charge in [-0.25, -0.2) is 9.67 Å². The number of nitrogens with zero attached hydrogens (tertiary/aromatic N) is 4. The van der Waals surface area contributed by atoms with Gasteiger partial charge in [-0.1, -0.05) is 37.6 Å². The highest BCUT2D eigenvalue weighted by molar-refractivity contribution is 5.55. The molecular weight excluding hydrogens is 328 g/mol. The van der Waals surface area contributed by atoms with E-state index >= 15 is 0 Å². The summed E-state index contributed by atoms with van der Waals surface area (Å²) in [5, 5.41) is 4.80. The van der Waals surface area contributed by atoms with Crippen molar-refractivity contribution in [1.29, 1.82) is 0 Å². The third kappa shape index (κ3) is 4.90. The molecule has 1 aromatic heterocycles. The molecule has 0 aliphatic carbocycles. The van der Waals surface area contributed by atoms with Crippen molar-refractivity contribution in [2.75, 3.05) is 40.5 Å².